The zero-order chi connectivity index (χ0) is 22.1. The van der Waals surface area contributed by atoms with E-state index in [4.69, 9.17) is 16.0 Å². The van der Waals surface area contributed by atoms with Crippen molar-refractivity contribution >= 4 is 61.2 Å². The molecule has 0 aliphatic rings. The summed E-state index contributed by atoms with van der Waals surface area (Å²) in [4.78, 5) is 34.1. The topological polar surface area (TPSA) is 91.2 Å². The number of rotatable bonds is 6. The molecule has 2 aromatic heterocycles. The maximum atomic E-state index is 12.6. The van der Waals surface area contributed by atoms with E-state index in [-0.39, 0.29) is 17.0 Å². The fourth-order valence-corrected chi connectivity index (χ4v) is 3.95. The van der Waals surface area contributed by atoms with Gasteiger partial charge in [-0.3, -0.25) is 9.59 Å². The molecule has 0 atom stereocenters. The third-order valence-electron chi connectivity index (χ3n) is 4.80. The van der Waals surface area contributed by atoms with Gasteiger partial charge in [-0.25, -0.2) is 4.98 Å². The van der Waals surface area contributed by atoms with Crippen LogP contribution in [0.3, 0.4) is 0 Å². The van der Waals surface area contributed by atoms with Crippen molar-refractivity contribution in [3.8, 4) is 11.4 Å². The standard InChI is InChI=1S/C22H20BrClN4O3/c1-28(2)9-3-4-18(29)25-13-6-7-14(16(24)11-13)21-26-19-15-10-12(23)5-8-17(15)31-20(19)22(30)27-21/h5-8,10-11H,3-4,9H2,1-2H3,(H,25,29)(H,26,27,30). The van der Waals surface area contributed by atoms with Crippen molar-refractivity contribution in [2.75, 3.05) is 26.0 Å². The predicted molar refractivity (Wildman–Crippen MR) is 127 cm³/mol. The molecule has 4 aromatic rings. The van der Waals surface area contributed by atoms with Gasteiger partial charge in [0.1, 0.15) is 16.9 Å². The molecule has 9 heteroatoms. The van der Waals surface area contributed by atoms with Crippen molar-refractivity contribution in [3.63, 3.8) is 0 Å². The zero-order valence-corrected chi connectivity index (χ0v) is 19.3. The van der Waals surface area contributed by atoms with Crippen LogP contribution in [-0.4, -0.2) is 41.4 Å². The van der Waals surface area contributed by atoms with Crippen LogP contribution in [0.15, 0.2) is 50.1 Å². The predicted octanol–water partition coefficient (Wildman–Crippen LogP) is 5.03. The highest BCUT2D eigenvalue weighted by Crippen LogP contribution is 2.32. The van der Waals surface area contributed by atoms with Crippen molar-refractivity contribution in [2.24, 2.45) is 0 Å². The van der Waals surface area contributed by atoms with Gasteiger partial charge in [0.15, 0.2) is 0 Å². The first kappa shape index (κ1) is 21.5. The van der Waals surface area contributed by atoms with E-state index >= 15 is 0 Å². The number of H-pyrrole nitrogens is 1. The van der Waals surface area contributed by atoms with Crippen LogP contribution in [0.5, 0.6) is 0 Å². The van der Waals surface area contributed by atoms with E-state index in [1.165, 1.54) is 0 Å². The Balaban J connectivity index is 1.63. The van der Waals surface area contributed by atoms with E-state index in [2.05, 4.69) is 31.2 Å². The number of nitrogens with zero attached hydrogens (tertiary/aromatic N) is 2. The summed E-state index contributed by atoms with van der Waals surface area (Å²) in [6, 6.07) is 10.6. The van der Waals surface area contributed by atoms with Crippen LogP contribution in [0.2, 0.25) is 5.02 Å². The molecule has 160 valence electrons. The Morgan fingerprint density at radius 3 is 2.81 bits per heavy atom. The normalized spacial score (nSPS) is 11.5. The van der Waals surface area contributed by atoms with Crippen molar-refractivity contribution < 1.29 is 9.21 Å². The molecule has 1 amide bonds. The molecule has 0 unspecified atom stereocenters. The van der Waals surface area contributed by atoms with Crippen LogP contribution in [0.4, 0.5) is 5.69 Å². The van der Waals surface area contributed by atoms with Gasteiger partial charge in [0.05, 0.1) is 5.02 Å². The van der Waals surface area contributed by atoms with Gasteiger partial charge in [-0.1, -0.05) is 27.5 Å². The lowest BCUT2D eigenvalue weighted by molar-refractivity contribution is -0.116. The molecule has 4 rings (SSSR count). The third-order valence-corrected chi connectivity index (χ3v) is 5.61. The molecular formula is C22H20BrClN4O3. The molecule has 0 spiro atoms. The second kappa shape index (κ2) is 8.82. The number of hydrogen-bond acceptors (Lipinski definition) is 5. The number of anilines is 1. The summed E-state index contributed by atoms with van der Waals surface area (Å²) in [5.74, 6) is 0.253. The molecule has 0 fully saturated rings. The van der Waals surface area contributed by atoms with Crippen LogP contribution in [0, 0.1) is 0 Å². The smallest absolute Gasteiger partial charge is 0.294 e. The summed E-state index contributed by atoms with van der Waals surface area (Å²) >= 11 is 9.90. The minimum atomic E-state index is -0.387. The zero-order valence-electron chi connectivity index (χ0n) is 17.0. The van der Waals surface area contributed by atoms with Gasteiger partial charge in [0.25, 0.3) is 5.56 Å². The number of halogens is 2. The van der Waals surface area contributed by atoms with E-state index in [1.54, 1.807) is 24.3 Å². The maximum Gasteiger partial charge on any atom is 0.294 e. The van der Waals surface area contributed by atoms with Crippen LogP contribution in [0.25, 0.3) is 33.5 Å². The second-order valence-corrected chi connectivity index (χ2v) is 8.81. The number of nitrogens with one attached hydrogen (secondary N) is 2. The lowest BCUT2D eigenvalue weighted by Gasteiger charge is -2.10. The number of carbonyl (C=O) groups excluding carboxylic acids is 1. The molecule has 2 aromatic carbocycles. The highest BCUT2D eigenvalue weighted by molar-refractivity contribution is 9.10. The number of hydrogen-bond donors (Lipinski definition) is 2. The number of fused-ring (bicyclic) bond motifs is 3. The maximum absolute atomic E-state index is 12.6. The van der Waals surface area contributed by atoms with E-state index in [0.717, 1.165) is 22.8 Å². The minimum absolute atomic E-state index is 0.0749. The average molecular weight is 504 g/mol. The van der Waals surface area contributed by atoms with Gasteiger partial charge in [-0.2, -0.15) is 0 Å². The van der Waals surface area contributed by atoms with Gasteiger partial charge < -0.3 is 19.6 Å². The Bertz CT molecular complexity index is 1350. The lowest BCUT2D eigenvalue weighted by atomic mass is 10.1. The molecule has 2 N–H and O–H groups in total. The van der Waals surface area contributed by atoms with Crippen LogP contribution in [0.1, 0.15) is 12.8 Å². The SMILES string of the molecule is CN(C)CCCC(=O)Nc1ccc(-c2nc3c(oc4ccc(Br)cc43)c(=O)[nH]2)c(Cl)c1. The van der Waals surface area contributed by atoms with Gasteiger partial charge in [-0.15, -0.1) is 0 Å². The number of amides is 1. The largest absolute Gasteiger partial charge is 0.449 e. The van der Waals surface area contributed by atoms with Crippen LogP contribution < -0.4 is 10.9 Å². The van der Waals surface area contributed by atoms with E-state index in [9.17, 15) is 9.59 Å². The summed E-state index contributed by atoms with van der Waals surface area (Å²) in [7, 11) is 3.94. The van der Waals surface area contributed by atoms with Gasteiger partial charge in [-0.05, 0) is 63.5 Å². The highest BCUT2D eigenvalue weighted by atomic mass is 79.9. The molecule has 0 radical (unpaired) electrons. The number of carbonyl (C=O) groups is 1. The van der Waals surface area contributed by atoms with Gasteiger partial charge in [0.2, 0.25) is 11.5 Å². The number of aromatic nitrogens is 2. The molecular weight excluding hydrogens is 484 g/mol. The Kier molecular flexibility index (Phi) is 6.13. The molecule has 2 heterocycles. The first-order chi connectivity index (χ1) is 14.8. The molecule has 0 bridgehead atoms. The molecule has 7 nitrogen and oxygen atoms in total. The van der Waals surface area contributed by atoms with Crippen LogP contribution in [-0.2, 0) is 4.79 Å². The third kappa shape index (κ3) is 4.66. The second-order valence-electron chi connectivity index (χ2n) is 7.48. The average Bonchev–Trinajstić information content (AvgIpc) is 3.06. The molecule has 0 saturated carbocycles. The summed E-state index contributed by atoms with van der Waals surface area (Å²) in [5.41, 5.74) is 1.95. The first-order valence-electron chi connectivity index (χ1n) is 9.68. The molecule has 0 aliphatic carbocycles. The Morgan fingerprint density at radius 2 is 2.06 bits per heavy atom. The van der Waals surface area contributed by atoms with Crippen molar-refractivity contribution in [3.05, 3.63) is 56.2 Å². The summed E-state index contributed by atoms with van der Waals surface area (Å²) < 4.78 is 6.52. The first-order valence-corrected chi connectivity index (χ1v) is 10.9. The minimum Gasteiger partial charge on any atom is -0.449 e. The summed E-state index contributed by atoms with van der Waals surface area (Å²) in [5, 5.41) is 3.94. The number of aromatic amines is 1. The van der Waals surface area contributed by atoms with E-state index in [1.807, 2.05) is 31.1 Å². The summed E-state index contributed by atoms with van der Waals surface area (Å²) in [6.45, 7) is 0.841. The van der Waals surface area contributed by atoms with E-state index < -0.39 is 0 Å². The van der Waals surface area contributed by atoms with Crippen LogP contribution >= 0.6 is 27.5 Å². The number of furan rings is 1. The quantitative estimate of drug-likeness (QED) is 0.385. The molecule has 0 saturated heterocycles. The Labute approximate surface area is 191 Å². The molecule has 31 heavy (non-hydrogen) atoms. The Hall–Kier alpha value is -2.68. The summed E-state index contributed by atoms with van der Waals surface area (Å²) in [6.07, 6.45) is 1.19. The fourth-order valence-electron chi connectivity index (χ4n) is 3.32. The van der Waals surface area contributed by atoms with Crippen molar-refractivity contribution in [1.82, 2.24) is 14.9 Å². The van der Waals surface area contributed by atoms with Crippen molar-refractivity contribution in [1.29, 1.82) is 0 Å². The number of benzene rings is 2. The monoisotopic (exact) mass is 502 g/mol. The van der Waals surface area contributed by atoms with Gasteiger partial charge >= 0.3 is 0 Å². The van der Waals surface area contributed by atoms with Crippen molar-refractivity contribution in [2.45, 2.75) is 12.8 Å². The highest BCUT2D eigenvalue weighted by Gasteiger charge is 2.16. The Morgan fingerprint density at radius 1 is 1.26 bits per heavy atom. The molecule has 0 aliphatic heterocycles. The van der Waals surface area contributed by atoms with E-state index in [0.29, 0.717) is 39.6 Å². The lowest BCUT2D eigenvalue weighted by Crippen LogP contribution is -2.17. The fraction of sp³-hybridized carbons (Fsp3) is 0.227. The van der Waals surface area contributed by atoms with Gasteiger partial charge in [0, 0.05) is 27.5 Å².